The molecule has 0 aliphatic rings. The standard InChI is InChI=1S/C23H16BrClN2O4S/c1-15-3-2-4-20(11-15)27-23(28)17(14-26)12-16-13-18(24)5-10-22(16)31-32(29,30)21-8-6-19(25)7-9-21/h2-13H,1H3,(H,27,28)/b17-12+. The smallest absolute Gasteiger partial charge is 0.339 e. The van der Waals surface area contributed by atoms with E-state index in [1.54, 1.807) is 30.3 Å². The lowest BCUT2D eigenvalue weighted by atomic mass is 10.1. The van der Waals surface area contributed by atoms with Crippen molar-refractivity contribution in [3.8, 4) is 11.8 Å². The molecule has 0 atom stereocenters. The fourth-order valence-corrected chi connectivity index (χ4v) is 4.16. The van der Waals surface area contributed by atoms with Gasteiger partial charge < -0.3 is 9.50 Å². The Morgan fingerprint density at radius 1 is 1.12 bits per heavy atom. The largest absolute Gasteiger partial charge is 0.378 e. The molecule has 9 heteroatoms. The summed E-state index contributed by atoms with van der Waals surface area (Å²) in [7, 11) is -4.17. The van der Waals surface area contributed by atoms with Gasteiger partial charge in [0.1, 0.15) is 22.3 Å². The lowest BCUT2D eigenvalue weighted by Gasteiger charge is -2.11. The van der Waals surface area contributed by atoms with Gasteiger partial charge in [0.05, 0.1) is 0 Å². The number of carbonyl (C=O) groups excluding carboxylic acids is 1. The van der Waals surface area contributed by atoms with Gasteiger partial charge in [0, 0.05) is 20.7 Å². The number of rotatable bonds is 6. The zero-order valence-electron chi connectivity index (χ0n) is 16.7. The van der Waals surface area contributed by atoms with Crippen molar-refractivity contribution in [1.82, 2.24) is 0 Å². The molecular formula is C23H16BrClN2O4S. The van der Waals surface area contributed by atoms with Crippen molar-refractivity contribution in [1.29, 1.82) is 5.26 Å². The molecule has 162 valence electrons. The molecule has 6 nitrogen and oxygen atoms in total. The number of nitrogens with one attached hydrogen (secondary N) is 1. The van der Waals surface area contributed by atoms with Crippen molar-refractivity contribution in [3.05, 3.63) is 92.9 Å². The second-order valence-corrected chi connectivity index (χ2v) is 9.57. The highest BCUT2D eigenvalue weighted by Crippen LogP contribution is 2.29. The average molecular weight is 532 g/mol. The summed E-state index contributed by atoms with van der Waals surface area (Å²) in [5.74, 6) is -0.677. The number of amides is 1. The molecule has 32 heavy (non-hydrogen) atoms. The van der Waals surface area contributed by atoms with E-state index in [1.807, 2.05) is 19.1 Å². The van der Waals surface area contributed by atoms with Crippen LogP contribution in [0.3, 0.4) is 0 Å². The van der Waals surface area contributed by atoms with Gasteiger partial charge in [-0.15, -0.1) is 0 Å². The van der Waals surface area contributed by atoms with Crippen LogP contribution in [0.15, 0.2) is 81.7 Å². The summed E-state index contributed by atoms with van der Waals surface area (Å²) in [4.78, 5) is 12.5. The fraction of sp³-hybridized carbons (Fsp3) is 0.0435. The van der Waals surface area contributed by atoms with Crippen molar-refractivity contribution in [2.45, 2.75) is 11.8 Å². The van der Waals surface area contributed by atoms with Crippen LogP contribution >= 0.6 is 27.5 Å². The number of benzene rings is 3. The molecule has 0 unspecified atom stereocenters. The van der Waals surface area contributed by atoms with Gasteiger partial charge in [-0.2, -0.15) is 13.7 Å². The number of hydrogen-bond donors (Lipinski definition) is 1. The topological polar surface area (TPSA) is 96.3 Å². The third kappa shape index (κ3) is 5.98. The molecule has 1 amide bonds. The van der Waals surface area contributed by atoms with Gasteiger partial charge in [-0.05, 0) is 73.2 Å². The third-order valence-corrected chi connectivity index (χ3v) is 6.21. The Kier molecular flexibility index (Phi) is 7.36. The summed E-state index contributed by atoms with van der Waals surface area (Å²) in [5.41, 5.74) is 1.48. The molecule has 0 bridgehead atoms. The number of aryl methyl sites for hydroxylation is 1. The van der Waals surface area contributed by atoms with Crippen LogP contribution in [0.1, 0.15) is 11.1 Å². The molecule has 0 fully saturated rings. The molecule has 3 aromatic carbocycles. The second kappa shape index (κ2) is 10.0. The van der Waals surface area contributed by atoms with Crippen molar-refractivity contribution in [2.24, 2.45) is 0 Å². The summed E-state index contributed by atoms with van der Waals surface area (Å²) in [6.45, 7) is 1.88. The van der Waals surface area contributed by atoms with Crippen LogP contribution in [0.2, 0.25) is 5.02 Å². The van der Waals surface area contributed by atoms with Gasteiger partial charge in [-0.1, -0.05) is 39.7 Å². The molecule has 0 aliphatic carbocycles. The number of carbonyl (C=O) groups is 1. The molecular weight excluding hydrogens is 516 g/mol. The maximum Gasteiger partial charge on any atom is 0.339 e. The van der Waals surface area contributed by atoms with E-state index in [2.05, 4.69) is 21.2 Å². The molecule has 0 aliphatic heterocycles. The number of halogens is 2. The minimum atomic E-state index is -4.17. The molecule has 0 radical (unpaired) electrons. The average Bonchev–Trinajstić information content (AvgIpc) is 2.74. The van der Waals surface area contributed by atoms with Crippen LogP contribution < -0.4 is 9.50 Å². The fourth-order valence-electron chi connectivity index (χ4n) is 2.70. The maximum absolute atomic E-state index is 12.7. The van der Waals surface area contributed by atoms with E-state index >= 15 is 0 Å². The van der Waals surface area contributed by atoms with Gasteiger partial charge in [-0.3, -0.25) is 4.79 Å². The minimum absolute atomic E-state index is 0.0424. The molecule has 0 aromatic heterocycles. The predicted octanol–water partition coefficient (Wildman–Crippen LogP) is 5.72. The van der Waals surface area contributed by atoms with Gasteiger partial charge in [0.15, 0.2) is 0 Å². The van der Waals surface area contributed by atoms with E-state index in [1.165, 1.54) is 36.4 Å². The van der Waals surface area contributed by atoms with E-state index in [-0.39, 0.29) is 21.8 Å². The highest BCUT2D eigenvalue weighted by molar-refractivity contribution is 9.10. The maximum atomic E-state index is 12.7. The zero-order chi connectivity index (χ0) is 23.3. The molecule has 1 N–H and O–H groups in total. The van der Waals surface area contributed by atoms with Crippen LogP contribution in [0.25, 0.3) is 6.08 Å². The minimum Gasteiger partial charge on any atom is -0.378 e. The Hall–Kier alpha value is -3.12. The normalized spacial score (nSPS) is 11.5. The van der Waals surface area contributed by atoms with Gasteiger partial charge in [0.2, 0.25) is 0 Å². The highest BCUT2D eigenvalue weighted by Gasteiger charge is 2.19. The first-order valence-electron chi connectivity index (χ1n) is 9.17. The van der Waals surface area contributed by atoms with Crippen LogP contribution in [-0.2, 0) is 14.9 Å². The zero-order valence-corrected chi connectivity index (χ0v) is 19.8. The first-order chi connectivity index (χ1) is 15.2. The third-order valence-electron chi connectivity index (χ3n) is 4.21. The van der Waals surface area contributed by atoms with Gasteiger partial charge in [0.25, 0.3) is 5.91 Å². The molecule has 0 spiro atoms. The molecule has 0 heterocycles. The van der Waals surface area contributed by atoms with Gasteiger partial charge >= 0.3 is 10.1 Å². The number of nitrogens with zero attached hydrogens (tertiary/aromatic N) is 1. The van der Waals surface area contributed by atoms with Crippen LogP contribution in [-0.4, -0.2) is 14.3 Å². The van der Waals surface area contributed by atoms with E-state index in [0.717, 1.165) is 5.56 Å². The summed E-state index contributed by atoms with van der Waals surface area (Å²) in [6, 6.07) is 19.0. The number of hydrogen-bond acceptors (Lipinski definition) is 5. The number of nitriles is 1. The predicted molar refractivity (Wildman–Crippen MR) is 127 cm³/mol. The summed E-state index contributed by atoms with van der Waals surface area (Å²) < 4.78 is 31.2. The highest BCUT2D eigenvalue weighted by atomic mass is 79.9. The van der Waals surface area contributed by atoms with E-state index in [4.69, 9.17) is 15.8 Å². The second-order valence-electron chi connectivity index (χ2n) is 6.67. The molecule has 0 saturated carbocycles. The van der Waals surface area contributed by atoms with Crippen LogP contribution in [0.5, 0.6) is 5.75 Å². The van der Waals surface area contributed by atoms with Crippen molar-refractivity contribution in [3.63, 3.8) is 0 Å². The van der Waals surface area contributed by atoms with Crippen molar-refractivity contribution >= 4 is 55.3 Å². The summed E-state index contributed by atoms with van der Waals surface area (Å²) in [5, 5.41) is 12.6. The number of anilines is 1. The summed E-state index contributed by atoms with van der Waals surface area (Å²) >= 11 is 9.12. The molecule has 0 saturated heterocycles. The SMILES string of the molecule is Cc1cccc(NC(=O)/C(C#N)=C/c2cc(Br)ccc2OS(=O)(=O)c2ccc(Cl)cc2)c1. The van der Waals surface area contributed by atoms with E-state index in [9.17, 15) is 18.5 Å². The first kappa shape index (κ1) is 23.5. The first-order valence-corrected chi connectivity index (χ1v) is 11.8. The lowest BCUT2D eigenvalue weighted by molar-refractivity contribution is -0.112. The quantitative estimate of drug-likeness (QED) is 0.249. The lowest BCUT2D eigenvalue weighted by Crippen LogP contribution is -2.14. The van der Waals surface area contributed by atoms with E-state index in [0.29, 0.717) is 15.2 Å². The van der Waals surface area contributed by atoms with Crippen molar-refractivity contribution < 1.29 is 17.4 Å². The Morgan fingerprint density at radius 2 is 1.84 bits per heavy atom. The Bertz CT molecular complexity index is 1350. The van der Waals surface area contributed by atoms with E-state index < -0.39 is 16.0 Å². The Labute approximate surface area is 199 Å². The molecule has 3 aromatic rings. The van der Waals surface area contributed by atoms with Crippen molar-refractivity contribution in [2.75, 3.05) is 5.32 Å². The molecule has 3 rings (SSSR count). The Morgan fingerprint density at radius 3 is 2.50 bits per heavy atom. The Balaban J connectivity index is 1.94. The van der Waals surface area contributed by atoms with Crippen LogP contribution in [0, 0.1) is 18.3 Å². The summed E-state index contributed by atoms with van der Waals surface area (Å²) in [6.07, 6.45) is 1.27. The van der Waals surface area contributed by atoms with Crippen LogP contribution in [0.4, 0.5) is 5.69 Å². The monoisotopic (exact) mass is 530 g/mol. The van der Waals surface area contributed by atoms with Gasteiger partial charge in [-0.25, -0.2) is 0 Å².